The van der Waals surface area contributed by atoms with Crippen LogP contribution in [0, 0.1) is 0 Å². The van der Waals surface area contributed by atoms with Crippen LogP contribution in [0.25, 0.3) is 11.0 Å². The average molecular weight is 235 g/mol. The highest BCUT2D eigenvalue weighted by Crippen LogP contribution is 2.30. The molecule has 0 aromatic carbocycles. The summed E-state index contributed by atoms with van der Waals surface area (Å²) in [4.78, 5) is 8.10. The molecule has 6 heteroatoms. The van der Waals surface area contributed by atoms with Crippen LogP contribution in [0.4, 0.5) is 0 Å². The molecule has 1 aliphatic rings. The van der Waals surface area contributed by atoms with Crippen LogP contribution in [0.15, 0.2) is 24.8 Å². The van der Waals surface area contributed by atoms with E-state index in [0.717, 1.165) is 11.0 Å². The Kier molecular flexibility index (Phi) is 2.54. The second-order valence-electron chi connectivity index (χ2n) is 4.16. The zero-order chi connectivity index (χ0) is 11.8. The molecule has 0 unspecified atom stereocenters. The van der Waals surface area contributed by atoms with Gasteiger partial charge in [-0.3, -0.25) is 0 Å². The largest absolute Gasteiger partial charge is 0.394 e. The first-order valence-corrected chi connectivity index (χ1v) is 5.50. The summed E-state index contributed by atoms with van der Waals surface area (Å²) in [6, 6.07) is 1.87. The van der Waals surface area contributed by atoms with Crippen LogP contribution < -0.4 is 0 Å². The van der Waals surface area contributed by atoms with E-state index < -0.39 is 12.3 Å². The molecule has 0 aliphatic carbocycles. The van der Waals surface area contributed by atoms with Crippen molar-refractivity contribution in [2.24, 2.45) is 0 Å². The fraction of sp³-hybridized carbons (Fsp3) is 0.455. The number of hydrogen-bond donors (Lipinski definition) is 2. The lowest BCUT2D eigenvalue weighted by atomic mass is 10.2. The fourth-order valence-electron chi connectivity index (χ4n) is 2.20. The summed E-state index contributed by atoms with van der Waals surface area (Å²) in [5, 5.41) is 19.9. The van der Waals surface area contributed by atoms with Crippen LogP contribution in [0.1, 0.15) is 12.6 Å². The molecule has 1 aliphatic heterocycles. The summed E-state index contributed by atoms with van der Waals surface area (Å²) in [5.41, 5.74) is 0.725. The molecule has 0 radical (unpaired) electrons. The Hall–Kier alpha value is -1.50. The number of aliphatic hydroxyl groups is 2. The maximum atomic E-state index is 9.92. The Balaban J connectivity index is 1.99. The van der Waals surface area contributed by atoms with Gasteiger partial charge in [0.1, 0.15) is 18.1 Å². The summed E-state index contributed by atoms with van der Waals surface area (Å²) in [7, 11) is 0. The smallest absolute Gasteiger partial charge is 0.161 e. The molecule has 2 aromatic heterocycles. The van der Waals surface area contributed by atoms with Gasteiger partial charge in [0.05, 0.1) is 12.7 Å². The second-order valence-corrected chi connectivity index (χ2v) is 4.16. The maximum Gasteiger partial charge on any atom is 0.161 e. The van der Waals surface area contributed by atoms with Gasteiger partial charge in [-0.25, -0.2) is 9.97 Å². The highest BCUT2D eigenvalue weighted by Gasteiger charge is 2.35. The molecule has 1 saturated heterocycles. The Labute approximate surface area is 97.5 Å². The molecule has 2 N–H and O–H groups in total. The fourth-order valence-corrected chi connectivity index (χ4v) is 2.20. The van der Waals surface area contributed by atoms with E-state index in [4.69, 9.17) is 9.84 Å². The molecular weight excluding hydrogens is 222 g/mol. The zero-order valence-corrected chi connectivity index (χ0v) is 9.10. The van der Waals surface area contributed by atoms with Crippen molar-refractivity contribution in [2.45, 2.75) is 24.9 Å². The summed E-state index contributed by atoms with van der Waals surface area (Å²) in [6.07, 6.45) is 4.00. The highest BCUT2D eigenvalue weighted by molar-refractivity contribution is 5.74. The lowest BCUT2D eigenvalue weighted by Gasteiger charge is -2.17. The molecule has 3 atom stereocenters. The molecule has 0 saturated carbocycles. The molecule has 1 fully saturated rings. The molecule has 17 heavy (non-hydrogen) atoms. The quantitative estimate of drug-likeness (QED) is 0.770. The van der Waals surface area contributed by atoms with Crippen LogP contribution in [-0.4, -0.2) is 43.6 Å². The third-order valence-corrected chi connectivity index (χ3v) is 3.02. The molecule has 2 aromatic rings. The Morgan fingerprint density at radius 2 is 2.41 bits per heavy atom. The summed E-state index contributed by atoms with van der Waals surface area (Å²) in [6.45, 7) is -0.0816. The number of rotatable bonds is 2. The standard InChI is InChI=1S/C11H13N3O3/c15-5-8-3-9(16)11(17-8)14-2-1-7-4-12-6-13-10(7)14/h1-2,4,6,8-9,11,15-16H,3,5H2/t8-,9-,11+/m0/s1. The van der Waals surface area contributed by atoms with Crippen LogP contribution in [0.2, 0.25) is 0 Å². The topological polar surface area (TPSA) is 80.4 Å². The Bertz CT molecular complexity index is 527. The zero-order valence-electron chi connectivity index (χ0n) is 9.10. The minimum Gasteiger partial charge on any atom is -0.394 e. The molecule has 6 nitrogen and oxygen atoms in total. The predicted molar refractivity (Wildman–Crippen MR) is 59.1 cm³/mol. The van der Waals surface area contributed by atoms with Gasteiger partial charge in [0.2, 0.25) is 0 Å². The van der Waals surface area contributed by atoms with Crippen molar-refractivity contribution in [3.63, 3.8) is 0 Å². The van der Waals surface area contributed by atoms with E-state index in [9.17, 15) is 5.11 Å². The number of nitrogens with zero attached hydrogens (tertiary/aromatic N) is 3. The van der Waals surface area contributed by atoms with Crippen LogP contribution >= 0.6 is 0 Å². The molecule has 3 rings (SSSR count). The van der Waals surface area contributed by atoms with Gasteiger partial charge < -0.3 is 19.5 Å². The number of aliphatic hydroxyl groups excluding tert-OH is 2. The van der Waals surface area contributed by atoms with Gasteiger partial charge in [-0.2, -0.15) is 0 Å². The van der Waals surface area contributed by atoms with E-state index in [1.54, 1.807) is 10.8 Å². The molecule has 90 valence electrons. The van der Waals surface area contributed by atoms with E-state index in [-0.39, 0.29) is 12.7 Å². The van der Waals surface area contributed by atoms with Gasteiger partial charge in [0, 0.05) is 24.2 Å². The van der Waals surface area contributed by atoms with E-state index in [1.807, 2.05) is 12.3 Å². The number of ether oxygens (including phenoxy) is 1. The first-order chi connectivity index (χ1) is 8.29. The van der Waals surface area contributed by atoms with Crippen molar-refractivity contribution >= 4 is 11.0 Å². The minimum atomic E-state index is -0.627. The van der Waals surface area contributed by atoms with Gasteiger partial charge in [0.25, 0.3) is 0 Å². The number of hydrogen-bond acceptors (Lipinski definition) is 5. The van der Waals surface area contributed by atoms with Crippen molar-refractivity contribution in [1.82, 2.24) is 14.5 Å². The normalized spacial score (nSPS) is 28.9. The third kappa shape index (κ3) is 1.70. The van der Waals surface area contributed by atoms with Gasteiger partial charge in [-0.15, -0.1) is 0 Å². The van der Waals surface area contributed by atoms with E-state index in [0.29, 0.717) is 6.42 Å². The van der Waals surface area contributed by atoms with Crippen molar-refractivity contribution in [3.05, 3.63) is 24.8 Å². The van der Waals surface area contributed by atoms with E-state index >= 15 is 0 Å². The lowest BCUT2D eigenvalue weighted by molar-refractivity contribution is -0.0484. The third-order valence-electron chi connectivity index (χ3n) is 3.02. The SMILES string of the molecule is OC[C@@H]1C[C@H](O)[C@H](n2ccc3cncnc32)O1. The summed E-state index contributed by atoms with van der Waals surface area (Å²) >= 11 is 0. The molecule has 0 spiro atoms. The van der Waals surface area contributed by atoms with Crippen LogP contribution in [-0.2, 0) is 4.74 Å². The summed E-state index contributed by atoms with van der Waals surface area (Å²) in [5.74, 6) is 0. The van der Waals surface area contributed by atoms with Crippen LogP contribution in [0.3, 0.4) is 0 Å². The molecule has 0 amide bonds. The van der Waals surface area contributed by atoms with Gasteiger partial charge in [0.15, 0.2) is 6.23 Å². The molecular formula is C11H13N3O3. The predicted octanol–water partition coefficient (Wildman–Crippen LogP) is 0.0720. The van der Waals surface area contributed by atoms with Crippen LogP contribution in [0.5, 0.6) is 0 Å². The second kappa shape index (κ2) is 4.06. The van der Waals surface area contributed by atoms with E-state index in [1.165, 1.54) is 6.33 Å². The monoisotopic (exact) mass is 235 g/mol. The van der Waals surface area contributed by atoms with E-state index in [2.05, 4.69) is 9.97 Å². The summed E-state index contributed by atoms with van der Waals surface area (Å²) < 4.78 is 7.35. The highest BCUT2D eigenvalue weighted by atomic mass is 16.5. The van der Waals surface area contributed by atoms with Gasteiger partial charge in [-0.1, -0.05) is 0 Å². The Morgan fingerprint density at radius 1 is 1.53 bits per heavy atom. The van der Waals surface area contributed by atoms with Crippen molar-refractivity contribution in [2.75, 3.05) is 6.61 Å². The minimum absolute atomic E-state index is 0.0816. The van der Waals surface area contributed by atoms with Crippen molar-refractivity contribution in [3.8, 4) is 0 Å². The van der Waals surface area contributed by atoms with Gasteiger partial charge in [-0.05, 0) is 6.07 Å². The van der Waals surface area contributed by atoms with Crippen molar-refractivity contribution in [1.29, 1.82) is 0 Å². The maximum absolute atomic E-state index is 9.92. The number of fused-ring (bicyclic) bond motifs is 1. The average Bonchev–Trinajstić information content (AvgIpc) is 2.92. The number of aromatic nitrogens is 3. The molecule has 0 bridgehead atoms. The Morgan fingerprint density at radius 3 is 3.18 bits per heavy atom. The lowest BCUT2D eigenvalue weighted by Crippen LogP contribution is -2.19. The first kappa shape index (κ1) is 10.6. The van der Waals surface area contributed by atoms with Crippen molar-refractivity contribution < 1.29 is 14.9 Å². The molecule has 3 heterocycles. The first-order valence-electron chi connectivity index (χ1n) is 5.50. The van der Waals surface area contributed by atoms with Gasteiger partial charge >= 0.3 is 0 Å².